The lowest BCUT2D eigenvalue weighted by Gasteiger charge is -2.23. The van der Waals surface area contributed by atoms with E-state index in [1.807, 2.05) is 12.1 Å². The third-order valence-corrected chi connectivity index (χ3v) is 1.73. The maximum atomic E-state index is 5.21. The van der Waals surface area contributed by atoms with Gasteiger partial charge in [0.15, 0.2) is 5.96 Å². The van der Waals surface area contributed by atoms with E-state index in [0.29, 0.717) is 6.54 Å². The summed E-state index contributed by atoms with van der Waals surface area (Å²) in [6.45, 7) is 6.91. The zero-order valence-corrected chi connectivity index (χ0v) is 9.79. The zero-order chi connectivity index (χ0) is 11.3. The number of hydrogen-bond donors (Lipinski definition) is 2. The van der Waals surface area contributed by atoms with E-state index in [4.69, 9.17) is 4.42 Å². The van der Waals surface area contributed by atoms with Crippen molar-refractivity contribution in [2.75, 3.05) is 7.05 Å². The number of furan rings is 1. The van der Waals surface area contributed by atoms with Gasteiger partial charge in [-0.15, -0.1) is 0 Å². The molecule has 0 amide bonds. The summed E-state index contributed by atoms with van der Waals surface area (Å²) >= 11 is 0. The molecular weight excluding hydrogens is 190 g/mol. The second-order valence-electron chi connectivity index (χ2n) is 4.38. The van der Waals surface area contributed by atoms with E-state index in [1.54, 1.807) is 13.3 Å². The Labute approximate surface area is 90.8 Å². The maximum absolute atomic E-state index is 5.21. The lowest BCUT2D eigenvalue weighted by Crippen LogP contribution is -2.47. The molecule has 1 rings (SSSR count). The Hall–Kier alpha value is -1.45. The molecule has 0 aliphatic carbocycles. The fourth-order valence-corrected chi connectivity index (χ4v) is 1.12. The zero-order valence-electron chi connectivity index (χ0n) is 9.79. The van der Waals surface area contributed by atoms with Crippen LogP contribution in [0.3, 0.4) is 0 Å². The molecule has 1 aromatic rings. The molecule has 0 bridgehead atoms. The van der Waals surface area contributed by atoms with Crippen molar-refractivity contribution in [1.29, 1.82) is 0 Å². The van der Waals surface area contributed by atoms with Crippen molar-refractivity contribution in [3.8, 4) is 0 Å². The van der Waals surface area contributed by atoms with Crippen LogP contribution in [0.1, 0.15) is 26.5 Å². The summed E-state index contributed by atoms with van der Waals surface area (Å²) in [4.78, 5) is 4.13. The maximum Gasteiger partial charge on any atom is 0.191 e. The Bertz CT molecular complexity index is 309. The molecule has 1 heterocycles. The summed E-state index contributed by atoms with van der Waals surface area (Å²) in [5.41, 5.74) is 0.00497. The summed E-state index contributed by atoms with van der Waals surface area (Å²) < 4.78 is 5.21. The van der Waals surface area contributed by atoms with E-state index in [1.165, 1.54) is 0 Å². The van der Waals surface area contributed by atoms with Crippen LogP contribution in [0.5, 0.6) is 0 Å². The van der Waals surface area contributed by atoms with Gasteiger partial charge in [-0.2, -0.15) is 0 Å². The van der Waals surface area contributed by atoms with Gasteiger partial charge in [0.1, 0.15) is 5.76 Å². The topological polar surface area (TPSA) is 49.6 Å². The molecule has 0 unspecified atom stereocenters. The molecule has 0 aromatic carbocycles. The summed E-state index contributed by atoms with van der Waals surface area (Å²) in [5.74, 6) is 1.67. The van der Waals surface area contributed by atoms with Gasteiger partial charge in [-0.25, -0.2) is 0 Å². The normalized spacial score (nSPS) is 12.7. The van der Waals surface area contributed by atoms with E-state index in [9.17, 15) is 0 Å². The second kappa shape index (κ2) is 4.87. The highest BCUT2D eigenvalue weighted by Crippen LogP contribution is 2.00. The van der Waals surface area contributed by atoms with Crippen LogP contribution in [0.4, 0.5) is 0 Å². The smallest absolute Gasteiger partial charge is 0.191 e. The van der Waals surface area contributed by atoms with Crippen molar-refractivity contribution in [1.82, 2.24) is 10.6 Å². The van der Waals surface area contributed by atoms with Crippen LogP contribution in [-0.2, 0) is 6.54 Å². The number of guanidine groups is 1. The number of nitrogens with zero attached hydrogens (tertiary/aromatic N) is 1. The lowest BCUT2D eigenvalue weighted by atomic mass is 10.1. The summed E-state index contributed by atoms with van der Waals surface area (Å²) in [6, 6.07) is 3.80. The molecule has 0 spiro atoms. The van der Waals surface area contributed by atoms with Crippen LogP contribution < -0.4 is 10.6 Å². The minimum atomic E-state index is 0.00497. The van der Waals surface area contributed by atoms with Crippen molar-refractivity contribution in [3.63, 3.8) is 0 Å². The molecule has 0 saturated carbocycles. The van der Waals surface area contributed by atoms with Gasteiger partial charge in [0.2, 0.25) is 0 Å². The Morgan fingerprint density at radius 3 is 2.67 bits per heavy atom. The van der Waals surface area contributed by atoms with Crippen LogP contribution >= 0.6 is 0 Å². The van der Waals surface area contributed by atoms with Crippen molar-refractivity contribution in [2.45, 2.75) is 32.9 Å². The van der Waals surface area contributed by atoms with Gasteiger partial charge in [0, 0.05) is 12.6 Å². The monoisotopic (exact) mass is 209 g/mol. The Morgan fingerprint density at radius 2 is 2.20 bits per heavy atom. The second-order valence-corrected chi connectivity index (χ2v) is 4.38. The van der Waals surface area contributed by atoms with Crippen LogP contribution in [-0.4, -0.2) is 18.5 Å². The lowest BCUT2D eigenvalue weighted by molar-refractivity contribution is 0.482. The molecular formula is C11H19N3O. The van der Waals surface area contributed by atoms with Crippen LogP contribution in [0.2, 0.25) is 0 Å². The van der Waals surface area contributed by atoms with Crippen LogP contribution in [0, 0.1) is 0 Å². The molecule has 0 fully saturated rings. The minimum Gasteiger partial charge on any atom is -0.467 e. The molecule has 0 aliphatic heterocycles. The average Bonchev–Trinajstić information content (AvgIpc) is 2.62. The molecule has 0 radical (unpaired) electrons. The predicted octanol–water partition coefficient (Wildman–Crippen LogP) is 1.74. The third-order valence-electron chi connectivity index (χ3n) is 1.73. The first kappa shape index (κ1) is 11.6. The van der Waals surface area contributed by atoms with Gasteiger partial charge in [0.25, 0.3) is 0 Å². The molecule has 4 heteroatoms. The quantitative estimate of drug-likeness (QED) is 0.576. The highest BCUT2D eigenvalue weighted by atomic mass is 16.3. The molecule has 1 aromatic heterocycles. The average molecular weight is 209 g/mol. The third kappa shape index (κ3) is 4.54. The van der Waals surface area contributed by atoms with Crippen molar-refractivity contribution in [3.05, 3.63) is 24.2 Å². The van der Waals surface area contributed by atoms with Crippen molar-refractivity contribution < 1.29 is 4.42 Å². The standard InChI is InChI=1S/C11H19N3O/c1-11(2,3)14-10(12-4)13-8-9-6-5-7-15-9/h5-7H,8H2,1-4H3,(H2,12,13,14). The molecule has 0 saturated heterocycles. The SMILES string of the molecule is CN=C(NCc1ccco1)NC(C)(C)C. The minimum absolute atomic E-state index is 0.00497. The van der Waals surface area contributed by atoms with E-state index in [-0.39, 0.29) is 5.54 Å². The van der Waals surface area contributed by atoms with Crippen LogP contribution in [0.25, 0.3) is 0 Å². The first-order valence-electron chi connectivity index (χ1n) is 5.02. The number of nitrogens with one attached hydrogen (secondary N) is 2. The fourth-order valence-electron chi connectivity index (χ4n) is 1.12. The first-order chi connectivity index (χ1) is 7.01. The Kier molecular flexibility index (Phi) is 3.77. The van der Waals surface area contributed by atoms with Crippen molar-refractivity contribution >= 4 is 5.96 Å². The molecule has 15 heavy (non-hydrogen) atoms. The predicted molar refractivity (Wildman–Crippen MR) is 61.8 cm³/mol. The van der Waals surface area contributed by atoms with E-state index in [2.05, 4.69) is 36.4 Å². The van der Waals surface area contributed by atoms with Gasteiger partial charge in [0.05, 0.1) is 12.8 Å². The van der Waals surface area contributed by atoms with E-state index in [0.717, 1.165) is 11.7 Å². The number of aliphatic imine (C=N–C) groups is 1. The fraction of sp³-hybridized carbons (Fsp3) is 0.545. The molecule has 0 aliphatic rings. The molecule has 2 N–H and O–H groups in total. The summed E-state index contributed by atoms with van der Waals surface area (Å²) in [6.07, 6.45) is 1.66. The van der Waals surface area contributed by atoms with Gasteiger partial charge >= 0.3 is 0 Å². The summed E-state index contributed by atoms with van der Waals surface area (Å²) in [7, 11) is 1.75. The molecule has 84 valence electrons. The summed E-state index contributed by atoms with van der Waals surface area (Å²) in [5, 5.41) is 6.44. The molecule has 0 atom stereocenters. The van der Waals surface area contributed by atoms with Crippen LogP contribution in [0.15, 0.2) is 27.8 Å². The molecule has 4 nitrogen and oxygen atoms in total. The highest BCUT2D eigenvalue weighted by Gasteiger charge is 2.11. The number of hydrogen-bond acceptors (Lipinski definition) is 2. The van der Waals surface area contributed by atoms with Gasteiger partial charge in [-0.05, 0) is 32.9 Å². The number of rotatable bonds is 2. The largest absolute Gasteiger partial charge is 0.467 e. The first-order valence-corrected chi connectivity index (χ1v) is 5.02. The Morgan fingerprint density at radius 1 is 1.47 bits per heavy atom. The van der Waals surface area contributed by atoms with Gasteiger partial charge in [-0.3, -0.25) is 4.99 Å². The van der Waals surface area contributed by atoms with E-state index >= 15 is 0 Å². The van der Waals surface area contributed by atoms with Gasteiger partial charge in [-0.1, -0.05) is 0 Å². The van der Waals surface area contributed by atoms with Crippen molar-refractivity contribution in [2.24, 2.45) is 4.99 Å². The van der Waals surface area contributed by atoms with Gasteiger partial charge < -0.3 is 15.1 Å². The highest BCUT2D eigenvalue weighted by molar-refractivity contribution is 5.80. The Balaban J connectivity index is 2.42. The van der Waals surface area contributed by atoms with E-state index < -0.39 is 0 Å².